The highest BCUT2D eigenvalue weighted by Crippen LogP contribution is 2.24. The molecule has 0 saturated carbocycles. The Morgan fingerprint density at radius 2 is 1.94 bits per heavy atom. The molecule has 0 aromatic heterocycles. The molecule has 1 unspecified atom stereocenters. The summed E-state index contributed by atoms with van der Waals surface area (Å²) in [5, 5.41) is 9.34. The van der Waals surface area contributed by atoms with Crippen LogP contribution in [0.1, 0.15) is 17.2 Å². The van der Waals surface area contributed by atoms with Gasteiger partial charge in [-0.2, -0.15) is 5.26 Å². The van der Waals surface area contributed by atoms with E-state index in [4.69, 9.17) is 0 Å². The van der Waals surface area contributed by atoms with E-state index in [2.05, 4.69) is 22.9 Å². The third-order valence-electron chi connectivity index (χ3n) is 3.47. The van der Waals surface area contributed by atoms with Gasteiger partial charge in [0, 0.05) is 31.7 Å². The molecule has 0 radical (unpaired) electrons. The standard InChI is InChI=1S/C14H18FN3/c1-11-3-4-13(15)12(9-11)14(10-16)18-7-5-17(2)6-8-18/h3-4,9,14H,5-8H2,1-2H3. The fourth-order valence-electron chi connectivity index (χ4n) is 2.30. The summed E-state index contributed by atoms with van der Waals surface area (Å²) in [7, 11) is 2.06. The molecule has 1 aliphatic rings. The van der Waals surface area contributed by atoms with E-state index in [0.29, 0.717) is 5.56 Å². The highest BCUT2D eigenvalue weighted by atomic mass is 19.1. The van der Waals surface area contributed by atoms with Crippen molar-refractivity contribution in [2.24, 2.45) is 0 Å². The van der Waals surface area contributed by atoms with Crippen molar-refractivity contribution < 1.29 is 4.39 Å². The van der Waals surface area contributed by atoms with E-state index < -0.39 is 6.04 Å². The summed E-state index contributed by atoms with van der Waals surface area (Å²) in [6.07, 6.45) is 0. The molecule has 0 amide bonds. The van der Waals surface area contributed by atoms with Crippen molar-refractivity contribution in [2.75, 3.05) is 33.2 Å². The number of rotatable bonds is 2. The summed E-state index contributed by atoms with van der Waals surface area (Å²) < 4.78 is 13.9. The number of hydrogen-bond acceptors (Lipinski definition) is 3. The van der Waals surface area contributed by atoms with Gasteiger partial charge in [0.25, 0.3) is 0 Å². The second-order valence-electron chi connectivity index (χ2n) is 4.90. The number of halogens is 1. The minimum absolute atomic E-state index is 0.286. The maximum atomic E-state index is 13.9. The van der Waals surface area contributed by atoms with Gasteiger partial charge in [-0.1, -0.05) is 17.7 Å². The first-order valence-electron chi connectivity index (χ1n) is 6.20. The summed E-state index contributed by atoms with van der Waals surface area (Å²) in [6.45, 7) is 5.38. The predicted molar refractivity (Wildman–Crippen MR) is 68.6 cm³/mol. The molecule has 4 heteroatoms. The summed E-state index contributed by atoms with van der Waals surface area (Å²) in [4.78, 5) is 4.27. The van der Waals surface area contributed by atoms with Crippen molar-refractivity contribution in [1.29, 1.82) is 5.26 Å². The van der Waals surface area contributed by atoms with E-state index in [1.807, 2.05) is 6.92 Å². The first kappa shape index (κ1) is 13.0. The first-order valence-corrected chi connectivity index (χ1v) is 6.20. The lowest BCUT2D eigenvalue weighted by Gasteiger charge is -2.35. The second-order valence-corrected chi connectivity index (χ2v) is 4.90. The van der Waals surface area contributed by atoms with Gasteiger partial charge in [-0.15, -0.1) is 0 Å². The Morgan fingerprint density at radius 1 is 1.28 bits per heavy atom. The van der Waals surface area contributed by atoms with Crippen molar-refractivity contribution in [3.63, 3.8) is 0 Å². The quantitative estimate of drug-likeness (QED) is 0.800. The van der Waals surface area contributed by atoms with Crippen LogP contribution in [0.2, 0.25) is 0 Å². The van der Waals surface area contributed by atoms with Gasteiger partial charge in [0.05, 0.1) is 6.07 Å². The molecule has 0 aliphatic carbocycles. The first-order chi connectivity index (χ1) is 8.61. The zero-order chi connectivity index (χ0) is 13.1. The molecule has 18 heavy (non-hydrogen) atoms. The minimum atomic E-state index is -0.474. The monoisotopic (exact) mass is 247 g/mol. The smallest absolute Gasteiger partial charge is 0.129 e. The van der Waals surface area contributed by atoms with Crippen LogP contribution in [0.15, 0.2) is 18.2 Å². The zero-order valence-corrected chi connectivity index (χ0v) is 10.9. The molecule has 1 saturated heterocycles. The molecule has 2 rings (SSSR count). The van der Waals surface area contributed by atoms with Gasteiger partial charge in [0.15, 0.2) is 0 Å². The third-order valence-corrected chi connectivity index (χ3v) is 3.47. The Kier molecular flexibility index (Phi) is 3.95. The average molecular weight is 247 g/mol. The SMILES string of the molecule is Cc1ccc(F)c(C(C#N)N2CCN(C)CC2)c1. The fraction of sp³-hybridized carbons (Fsp3) is 0.500. The third kappa shape index (κ3) is 2.69. The molecule has 0 spiro atoms. The molecule has 1 aromatic rings. The largest absolute Gasteiger partial charge is 0.304 e. The fourth-order valence-corrected chi connectivity index (χ4v) is 2.30. The van der Waals surface area contributed by atoms with E-state index in [0.717, 1.165) is 31.7 Å². The number of aryl methyl sites for hydroxylation is 1. The summed E-state index contributed by atoms with van der Waals surface area (Å²) in [5.74, 6) is -0.286. The number of benzene rings is 1. The van der Waals surface area contributed by atoms with Crippen molar-refractivity contribution >= 4 is 0 Å². The molecule has 3 nitrogen and oxygen atoms in total. The maximum Gasteiger partial charge on any atom is 0.129 e. The van der Waals surface area contributed by atoms with E-state index in [1.54, 1.807) is 12.1 Å². The number of piperazine rings is 1. The van der Waals surface area contributed by atoms with Gasteiger partial charge in [0.1, 0.15) is 11.9 Å². The van der Waals surface area contributed by atoms with Crippen molar-refractivity contribution in [3.05, 3.63) is 35.1 Å². The molecule has 1 aliphatic heterocycles. The lowest BCUT2D eigenvalue weighted by molar-refractivity contribution is 0.131. The van der Waals surface area contributed by atoms with Gasteiger partial charge in [-0.25, -0.2) is 4.39 Å². The molecule has 0 N–H and O–H groups in total. The Morgan fingerprint density at radius 3 is 2.56 bits per heavy atom. The van der Waals surface area contributed by atoms with Crippen molar-refractivity contribution in [3.8, 4) is 6.07 Å². The van der Waals surface area contributed by atoms with Crippen LogP contribution in [0.4, 0.5) is 4.39 Å². The molecular weight excluding hydrogens is 229 g/mol. The van der Waals surface area contributed by atoms with Gasteiger partial charge < -0.3 is 4.90 Å². The molecule has 0 bridgehead atoms. The lowest BCUT2D eigenvalue weighted by atomic mass is 10.0. The lowest BCUT2D eigenvalue weighted by Crippen LogP contribution is -2.45. The number of likely N-dealkylation sites (N-methyl/N-ethyl adjacent to an activating group) is 1. The molecule has 1 aromatic carbocycles. The molecule has 1 fully saturated rings. The number of hydrogen-bond donors (Lipinski definition) is 0. The number of nitrogens with zero attached hydrogens (tertiary/aromatic N) is 3. The van der Waals surface area contributed by atoms with Crippen molar-refractivity contribution in [1.82, 2.24) is 9.80 Å². The summed E-state index contributed by atoms with van der Waals surface area (Å²) >= 11 is 0. The summed E-state index contributed by atoms with van der Waals surface area (Å²) in [6, 6.07) is 6.73. The van der Waals surface area contributed by atoms with Gasteiger partial charge in [-0.3, -0.25) is 4.90 Å². The zero-order valence-electron chi connectivity index (χ0n) is 10.9. The second kappa shape index (κ2) is 5.47. The van der Waals surface area contributed by atoms with Crippen LogP contribution in [0, 0.1) is 24.1 Å². The van der Waals surface area contributed by atoms with E-state index in [-0.39, 0.29) is 5.82 Å². The Balaban J connectivity index is 2.23. The topological polar surface area (TPSA) is 30.3 Å². The maximum absolute atomic E-state index is 13.9. The van der Waals surface area contributed by atoms with Crippen LogP contribution in [-0.4, -0.2) is 43.0 Å². The minimum Gasteiger partial charge on any atom is -0.304 e. The predicted octanol–water partition coefficient (Wildman–Crippen LogP) is 1.95. The normalized spacial score (nSPS) is 19.4. The Hall–Kier alpha value is -1.44. The van der Waals surface area contributed by atoms with Crippen LogP contribution in [0.5, 0.6) is 0 Å². The molecule has 1 heterocycles. The van der Waals surface area contributed by atoms with E-state index >= 15 is 0 Å². The summed E-state index contributed by atoms with van der Waals surface area (Å²) in [5.41, 5.74) is 1.49. The molecule has 1 atom stereocenters. The highest BCUT2D eigenvalue weighted by molar-refractivity contribution is 5.30. The van der Waals surface area contributed by atoms with Crippen LogP contribution in [0.25, 0.3) is 0 Å². The van der Waals surface area contributed by atoms with Crippen LogP contribution >= 0.6 is 0 Å². The van der Waals surface area contributed by atoms with Crippen LogP contribution in [0.3, 0.4) is 0 Å². The Labute approximate surface area is 107 Å². The Bertz CT molecular complexity index is 459. The number of nitriles is 1. The molecular formula is C14H18FN3. The van der Waals surface area contributed by atoms with Crippen molar-refractivity contribution in [2.45, 2.75) is 13.0 Å². The van der Waals surface area contributed by atoms with Crippen LogP contribution < -0.4 is 0 Å². The van der Waals surface area contributed by atoms with Gasteiger partial charge in [0.2, 0.25) is 0 Å². The van der Waals surface area contributed by atoms with E-state index in [1.165, 1.54) is 6.07 Å². The van der Waals surface area contributed by atoms with Crippen LogP contribution in [-0.2, 0) is 0 Å². The average Bonchev–Trinajstić information content (AvgIpc) is 2.37. The van der Waals surface area contributed by atoms with Gasteiger partial charge >= 0.3 is 0 Å². The highest BCUT2D eigenvalue weighted by Gasteiger charge is 2.25. The van der Waals surface area contributed by atoms with E-state index in [9.17, 15) is 9.65 Å². The molecule has 96 valence electrons. The van der Waals surface area contributed by atoms with Gasteiger partial charge in [-0.05, 0) is 20.0 Å².